The van der Waals surface area contributed by atoms with E-state index in [1.807, 2.05) is 0 Å². The van der Waals surface area contributed by atoms with E-state index < -0.39 is 53.5 Å². The summed E-state index contributed by atoms with van der Waals surface area (Å²) in [5, 5.41) is 13.3. The molecule has 0 spiro atoms. The lowest BCUT2D eigenvalue weighted by Gasteiger charge is -2.43. The molecule has 1 saturated heterocycles. The highest BCUT2D eigenvalue weighted by molar-refractivity contribution is 8.00. The molecule has 3 fully saturated rings. The molecule has 3 aromatic rings. The second kappa shape index (κ2) is 12.4. The summed E-state index contributed by atoms with van der Waals surface area (Å²) >= 11 is 9.10. The van der Waals surface area contributed by atoms with Crippen LogP contribution in [0.2, 0.25) is 5.02 Å². The first-order valence-electron chi connectivity index (χ1n) is 15.5. The minimum absolute atomic E-state index is 0.136. The summed E-state index contributed by atoms with van der Waals surface area (Å²) < 4.78 is 11.1. The number of nitrogens with zero attached hydrogens (tertiary/aromatic N) is 1. The quantitative estimate of drug-likeness (QED) is 0.216. The number of fused-ring (bicyclic) bond motifs is 9. The second-order valence-corrected chi connectivity index (χ2v) is 15.0. The molecule has 2 aliphatic heterocycles. The number of carbonyl (C=O) groups is 5. The summed E-state index contributed by atoms with van der Waals surface area (Å²) in [6.07, 6.45) is 0.619. The van der Waals surface area contributed by atoms with Crippen molar-refractivity contribution in [3.63, 3.8) is 0 Å². The van der Waals surface area contributed by atoms with Gasteiger partial charge in [0.15, 0.2) is 6.61 Å². The minimum atomic E-state index is -1.27. The van der Waals surface area contributed by atoms with Crippen LogP contribution >= 0.6 is 34.7 Å². The Labute approximate surface area is 287 Å². The summed E-state index contributed by atoms with van der Waals surface area (Å²) in [4.78, 5) is 81.0. The third-order valence-corrected chi connectivity index (χ3v) is 12.7. The lowest BCUT2D eigenvalue weighted by molar-refractivity contribution is -0.154. The van der Waals surface area contributed by atoms with E-state index in [1.54, 1.807) is 49.4 Å². The SMILES string of the molecule is CCOC(=O)c1ccc(NC(=O)COc2ccc(Cl)cc2[C@H]2c3sc(=O)[nH]c3SC3C4CC(C5C(=O)N(C(C)C(=O)O)C(=O)C45)C32)cc1. The van der Waals surface area contributed by atoms with Crippen molar-refractivity contribution < 1.29 is 38.6 Å². The zero-order valence-corrected chi connectivity index (χ0v) is 28.0. The number of H-pyrrole nitrogens is 1. The van der Waals surface area contributed by atoms with E-state index >= 15 is 0 Å². The molecule has 1 aromatic heterocycles. The van der Waals surface area contributed by atoms with Gasteiger partial charge < -0.3 is 24.9 Å². The first-order valence-corrected chi connectivity index (χ1v) is 17.5. The molecule has 2 aromatic carbocycles. The third kappa shape index (κ3) is 5.30. The average molecular weight is 712 g/mol. The minimum Gasteiger partial charge on any atom is -0.483 e. The smallest absolute Gasteiger partial charge is 0.338 e. The lowest BCUT2D eigenvalue weighted by atomic mass is 9.68. The maximum absolute atomic E-state index is 13.7. The Hall–Kier alpha value is -4.14. The van der Waals surface area contributed by atoms with Gasteiger partial charge >= 0.3 is 16.8 Å². The number of anilines is 1. The number of nitrogens with one attached hydrogen (secondary N) is 2. The number of aromatic nitrogens is 1. The van der Waals surface area contributed by atoms with Crippen molar-refractivity contribution >= 4 is 70.0 Å². The van der Waals surface area contributed by atoms with Gasteiger partial charge in [-0.15, -0.1) is 11.8 Å². The van der Waals surface area contributed by atoms with Gasteiger partial charge in [-0.1, -0.05) is 22.9 Å². The molecule has 2 bridgehead atoms. The predicted octanol–water partition coefficient (Wildman–Crippen LogP) is 4.23. The molecule has 7 unspecified atom stereocenters. The highest BCUT2D eigenvalue weighted by Gasteiger charge is 2.70. The van der Waals surface area contributed by atoms with Gasteiger partial charge in [-0.25, -0.2) is 9.59 Å². The first-order chi connectivity index (χ1) is 23.0. The number of carboxylic acid groups (broad SMARTS) is 1. The number of esters is 1. The number of aromatic amines is 1. The largest absolute Gasteiger partial charge is 0.483 e. The summed E-state index contributed by atoms with van der Waals surface area (Å²) in [6.45, 7) is 2.95. The molecule has 2 aliphatic carbocycles. The summed E-state index contributed by atoms with van der Waals surface area (Å²) in [5.41, 5.74) is 1.46. The summed E-state index contributed by atoms with van der Waals surface area (Å²) in [6, 6.07) is 10.1. The molecule has 4 aliphatic rings. The van der Waals surface area contributed by atoms with Gasteiger partial charge in [0.05, 0.1) is 29.0 Å². The highest BCUT2D eigenvalue weighted by atomic mass is 35.5. The molecule has 12 nitrogen and oxygen atoms in total. The standard InChI is InChI=1S/C33H30ClN3O9S2/c1-3-45-32(43)14-4-7-16(8-5-14)35-21(38)12-46-20-9-6-15(34)10-17(20)22-23-18-11-19(26(23)47-28-27(22)48-33(44)36-28)25-24(18)29(39)37(30(25)40)13(2)31(41)42/h4-10,13,18-19,22-26H,3,11-12H2,1-2H3,(H,35,38)(H,36,44)(H,41,42)/t13?,18?,19?,22-,23?,24?,25?,26?/m1/s1. The van der Waals surface area contributed by atoms with Crippen LogP contribution in [0.1, 0.15) is 47.0 Å². The molecule has 3 N–H and O–H groups in total. The number of likely N-dealkylation sites (tertiary alicyclic amines) is 1. The number of imide groups is 1. The lowest BCUT2D eigenvalue weighted by Crippen LogP contribution is -2.44. The van der Waals surface area contributed by atoms with Crippen molar-refractivity contribution in [3.8, 4) is 5.75 Å². The Balaban J connectivity index is 1.17. The van der Waals surface area contributed by atoms with E-state index in [-0.39, 0.29) is 41.1 Å². The van der Waals surface area contributed by atoms with Crippen molar-refractivity contribution in [2.75, 3.05) is 18.5 Å². The van der Waals surface area contributed by atoms with Crippen molar-refractivity contribution in [1.82, 2.24) is 9.88 Å². The maximum atomic E-state index is 13.7. The molecule has 48 heavy (non-hydrogen) atoms. The van der Waals surface area contributed by atoms with E-state index in [0.29, 0.717) is 39.0 Å². The fraction of sp³-hybridized carbons (Fsp3) is 0.394. The number of thioether (sulfide) groups is 1. The molecule has 3 heterocycles. The second-order valence-electron chi connectivity index (χ2n) is 12.3. The fourth-order valence-corrected chi connectivity index (χ4v) is 11.1. The highest BCUT2D eigenvalue weighted by Crippen LogP contribution is 2.69. The number of thiazole rings is 1. The number of aliphatic carboxylic acids is 1. The van der Waals surface area contributed by atoms with Gasteiger partial charge in [0.1, 0.15) is 11.8 Å². The van der Waals surface area contributed by atoms with Crippen LogP contribution in [-0.2, 0) is 23.9 Å². The predicted molar refractivity (Wildman–Crippen MR) is 175 cm³/mol. The van der Waals surface area contributed by atoms with E-state index in [2.05, 4.69) is 10.3 Å². The number of ether oxygens (including phenoxy) is 2. The van der Waals surface area contributed by atoms with Gasteiger partial charge in [0.2, 0.25) is 11.8 Å². The molecule has 2 saturated carbocycles. The van der Waals surface area contributed by atoms with Crippen LogP contribution in [0.3, 0.4) is 0 Å². The number of rotatable bonds is 9. The summed E-state index contributed by atoms with van der Waals surface area (Å²) in [5.74, 6) is -5.02. The Morgan fingerprint density at radius 2 is 1.79 bits per heavy atom. The topological polar surface area (TPSA) is 172 Å². The van der Waals surface area contributed by atoms with Gasteiger partial charge in [-0.2, -0.15) is 0 Å². The van der Waals surface area contributed by atoms with E-state index in [9.17, 15) is 33.9 Å². The van der Waals surface area contributed by atoms with Crippen molar-refractivity contribution in [1.29, 1.82) is 0 Å². The number of hydrogen-bond donors (Lipinski definition) is 3. The number of carbonyl (C=O) groups excluding carboxylic acids is 4. The number of carboxylic acids is 1. The Bertz CT molecular complexity index is 1910. The molecular weight excluding hydrogens is 682 g/mol. The Morgan fingerprint density at radius 3 is 2.48 bits per heavy atom. The zero-order chi connectivity index (χ0) is 34.0. The molecular formula is C33H30ClN3O9S2. The van der Waals surface area contributed by atoms with Crippen LogP contribution in [0.15, 0.2) is 52.3 Å². The van der Waals surface area contributed by atoms with Crippen LogP contribution < -0.4 is 14.9 Å². The zero-order valence-electron chi connectivity index (χ0n) is 25.6. The summed E-state index contributed by atoms with van der Waals surface area (Å²) in [7, 11) is 0. The Morgan fingerprint density at radius 1 is 1.08 bits per heavy atom. The molecule has 15 heteroatoms. The van der Waals surface area contributed by atoms with Crippen LogP contribution in [0.25, 0.3) is 0 Å². The average Bonchev–Trinajstić information content (AvgIpc) is 3.79. The fourth-order valence-electron chi connectivity index (χ4n) is 8.02. The first kappa shape index (κ1) is 32.4. The van der Waals surface area contributed by atoms with E-state index in [4.69, 9.17) is 21.1 Å². The number of halogens is 1. The van der Waals surface area contributed by atoms with E-state index in [1.165, 1.54) is 18.7 Å². The van der Waals surface area contributed by atoms with Gasteiger partial charge in [0.25, 0.3) is 5.91 Å². The van der Waals surface area contributed by atoms with Gasteiger partial charge in [-0.05, 0) is 80.5 Å². The van der Waals surface area contributed by atoms with Crippen molar-refractivity contribution in [2.45, 2.75) is 42.5 Å². The van der Waals surface area contributed by atoms with Crippen molar-refractivity contribution in [3.05, 3.63) is 73.2 Å². The van der Waals surface area contributed by atoms with Crippen LogP contribution in [0.4, 0.5) is 5.69 Å². The molecule has 250 valence electrons. The molecule has 3 amide bonds. The van der Waals surface area contributed by atoms with Crippen LogP contribution in [-0.4, -0.2) is 69.2 Å². The number of hydrogen-bond acceptors (Lipinski definition) is 10. The van der Waals surface area contributed by atoms with Crippen LogP contribution in [0.5, 0.6) is 5.75 Å². The normalized spacial score (nSPS) is 27.2. The van der Waals surface area contributed by atoms with Gasteiger partial charge in [0, 0.05) is 32.3 Å². The molecule has 0 radical (unpaired) electrons. The van der Waals surface area contributed by atoms with Crippen LogP contribution in [0, 0.1) is 29.6 Å². The Kier molecular flexibility index (Phi) is 8.36. The maximum Gasteiger partial charge on any atom is 0.338 e. The molecule has 8 atom stereocenters. The van der Waals surface area contributed by atoms with Gasteiger partial charge in [-0.3, -0.25) is 24.1 Å². The monoisotopic (exact) mass is 711 g/mol. The number of amides is 3. The number of benzene rings is 2. The molecule has 7 rings (SSSR count). The van der Waals surface area contributed by atoms with E-state index in [0.717, 1.165) is 21.1 Å². The van der Waals surface area contributed by atoms with Crippen molar-refractivity contribution in [2.24, 2.45) is 29.6 Å². The third-order valence-electron chi connectivity index (χ3n) is 9.85.